The zero-order chi connectivity index (χ0) is 13.0. The summed E-state index contributed by atoms with van der Waals surface area (Å²) in [6, 6.07) is 13.7. The van der Waals surface area contributed by atoms with Crippen molar-refractivity contribution in [2.75, 3.05) is 11.9 Å². The van der Waals surface area contributed by atoms with Gasteiger partial charge in [-0.25, -0.2) is 4.98 Å². The maximum atomic E-state index is 10.1. The summed E-state index contributed by atoms with van der Waals surface area (Å²) in [6.45, 7) is 4.44. The van der Waals surface area contributed by atoms with Crippen LogP contribution in [0.2, 0.25) is 0 Å². The van der Waals surface area contributed by atoms with Crippen molar-refractivity contribution < 1.29 is 5.11 Å². The topological polar surface area (TPSA) is 45.1 Å². The minimum Gasteiger partial charge on any atom is -0.387 e. The van der Waals surface area contributed by atoms with E-state index in [0.29, 0.717) is 6.54 Å². The highest BCUT2D eigenvalue weighted by Gasteiger charge is 2.06. The Morgan fingerprint density at radius 2 is 1.83 bits per heavy atom. The molecule has 3 heteroatoms. The van der Waals surface area contributed by atoms with Crippen molar-refractivity contribution in [2.24, 2.45) is 0 Å². The molecule has 0 saturated carbocycles. The molecule has 0 fully saturated rings. The van der Waals surface area contributed by atoms with Crippen molar-refractivity contribution >= 4 is 5.82 Å². The third kappa shape index (κ3) is 3.31. The first kappa shape index (κ1) is 12.6. The Labute approximate surface area is 108 Å². The van der Waals surface area contributed by atoms with Gasteiger partial charge in [0.1, 0.15) is 5.82 Å². The van der Waals surface area contributed by atoms with Gasteiger partial charge in [0.05, 0.1) is 6.10 Å². The van der Waals surface area contributed by atoms with Crippen molar-refractivity contribution in [3.05, 3.63) is 59.3 Å². The van der Waals surface area contributed by atoms with E-state index in [2.05, 4.69) is 10.3 Å². The van der Waals surface area contributed by atoms with E-state index >= 15 is 0 Å². The number of hydrogen-bond acceptors (Lipinski definition) is 3. The molecular weight excluding hydrogens is 224 g/mol. The number of pyridine rings is 1. The zero-order valence-corrected chi connectivity index (χ0v) is 10.7. The van der Waals surface area contributed by atoms with Crippen LogP contribution < -0.4 is 5.32 Å². The Hall–Kier alpha value is -1.87. The number of nitrogens with one attached hydrogen (secondary N) is 1. The second kappa shape index (κ2) is 5.65. The summed E-state index contributed by atoms with van der Waals surface area (Å²) in [4.78, 5) is 4.33. The summed E-state index contributed by atoms with van der Waals surface area (Å²) in [6.07, 6.45) is -0.520. The van der Waals surface area contributed by atoms with Gasteiger partial charge in [0.15, 0.2) is 0 Å². The van der Waals surface area contributed by atoms with E-state index in [1.165, 1.54) is 5.56 Å². The second-order valence-electron chi connectivity index (χ2n) is 4.47. The van der Waals surface area contributed by atoms with Gasteiger partial charge in [0.2, 0.25) is 0 Å². The molecule has 2 N–H and O–H groups in total. The Morgan fingerprint density at radius 3 is 2.50 bits per heavy atom. The third-order valence-electron chi connectivity index (χ3n) is 2.83. The highest BCUT2D eigenvalue weighted by Crippen LogP contribution is 2.14. The summed E-state index contributed by atoms with van der Waals surface area (Å²) < 4.78 is 0. The fourth-order valence-electron chi connectivity index (χ4n) is 1.75. The normalized spacial score (nSPS) is 12.2. The highest BCUT2D eigenvalue weighted by molar-refractivity contribution is 5.36. The number of benzene rings is 1. The van der Waals surface area contributed by atoms with Gasteiger partial charge in [0, 0.05) is 12.2 Å². The van der Waals surface area contributed by atoms with E-state index in [-0.39, 0.29) is 0 Å². The summed E-state index contributed by atoms with van der Waals surface area (Å²) >= 11 is 0. The van der Waals surface area contributed by atoms with Crippen molar-refractivity contribution in [1.82, 2.24) is 4.98 Å². The fourth-order valence-corrected chi connectivity index (χ4v) is 1.75. The predicted molar refractivity (Wildman–Crippen MR) is 73.6 cm³/mol. The molecule has 0 aliphatic heterocycles. The zero-order valence-electron chi connectivity index (χ0n) is 10.7. The van der Waals surface area contributed by atoms with E-state index in [1.807, 2.05) is 56.3 Å². The molecule has 1 atom stereocenters. The van der Waals surface area contributed by atoms with Gasteiger partial charge in [-0.05, 0) is 31.5 Å². The standard InChI is InChI=1S/C15H18N2O/c1-11-6-8-13(9-7-11)14(18)10-16-15-5-3-4-12(2)17-15/h3-9,14,18H,10H2,1-2H3,(H,16,17). The Morgan fingerprint density at radius 1 is 1.11 bits per heavy atom. The van der Waals surface area contributed by atoms with Crippen molar-refractivity contribution in [3.63, 3.8) is 0 Å². The maximum absolute atomic E-state index is 10.1. The molecule has 3 nitrogen and oxygen atoms in total. The number of rotatable bonds is 4. The smallest absolute Gasteiger partial charge is 0.126 e. The van der Waals surface area contributed by atoms with Gasteiger partial charge in [-0.15, -0.1) is 0 Å². The van der Waals surface area contributed by atoms with Crippen molar-refractivity contribution in [2.45, 2.75) is 20.0 Å². The average molecular weight is 242 g/mol. The first-order chi connectivity index (χ1) is 8.65. The number of hydrogen-bond donors (Lipinski definition) is 2. The number of aromatic nitrogens is 1. The Kier molecular flexibility index (Phi) is 3.95. The van der Waals surface area contributed by atoms with E-state index in [1.54, 1.807) is 0 Å². The summed E-state index contributed by atoms with van der Waals surface area (Å²) in [5.74, 6) is 0.793. The Bertz CT molecular complexity index is 508. The SMILES string of the molecule is Cc1ccc(C(O)CNc2cccc(C)n2)cc1. The van der Waals surface area contributed by atoms with Crippen LogP contribution in [0, 0.1) is 13.8 Å². The molecule has 0 bridgehead atoms. The molecule has 0 amide bonds. The molecule has 0 spiro atoms. The van der Waals surface area contributed by atoms with E-state index in [9.17, 15) is 5.11 Å². The first-order valence-electron chi connectivity index (χ1n) is 6.07. The minimum absolute atomic E-state index is 0.458. The molecular formula is C15H18N2O. The number of nitrogens with zero attached hydrogens (tertiary/aromatic N) is 1. The fraction of sp³-hybridized carbons (Fsp3) is 0.267. The lowest BCUT2D eigenvalue weighted by Crippen LogP contribution is -2.13. The molecule has 2 aromatic rings. The molecule has 0 aliphatic carbocycles. The molecule has 1 aromatic carbocycles. The van der Waals surface area contributed by atoms with Gasteiger partial charge in [-0.3, -0.25) is 0 Å². The molecule has 0 radical (unpaired) electrons. The third-order valence-corrected chi connectivity index (χ3v) is 2.83. The highest BCUT2D eigenvalue weighted by atomic mass is 16.3. The van der Waals surface area contributed by atoms with Gasteiger partial charge in [-0.2, -0.15) is 0 Å². The van der Waals surface area contributed by atoms with Crippen LogP contribution >= 0.6 is 0 Å². The maximum Gasteiger partial charge on any atom is 0.126 e. The molecule has 0 saturated heterocycles. The van der Waals surface area contributed by atoms with Gasteiger partial charge in [-0.1, -0.05) is 35.9 Å². The summed E-state index contributed by atoms with van der Waals surface area (Å²) in [7, 11) is 0. The minimum atomic E-state index is -0.520. The second-order valence-corrected chi connectivity index (χ2v) is 4.47. The molecule has 18 heavy (non-hydrogen) atoms. The Balaban J connectivity index is 1.96. The number of aliphatic hydroxyl groups excluding tert-OH is 1. The predicted octanol–water partition coefficient (Wildman–Crippen LogP) is 2.84. The van der Waals surface area contributed by atoms with Gasteiger partial charge in [0.25, 0.3) is 0 Å². The van der Waals surface area contributed by atoms with E-state index < -0.39 is 6.10 Å². The van der Waals surface area contributed by atoms with Crippen LogP contribution in [0.5, 0.6) is 0 Å². The lowest BCUT2D eigenvalue weighted by Gasteiger charge is -2.13. The van der Waals surface area contributed by atoms with Crippen LogP contribution in [0.3, 0.4) is 0 Å². The number of aliphatic hydroxyl groups is 1. The molecule has 2 rings (SSSR count). The van der Waals surface area contributed by atoms with Gasteiger partial charge < -0.3 is 10.4 Å². The van der Waals surface area contributed by atoms with Crippen molar-refractivity contribution in [3.8, 4) is 0 Å². The molecule has 1 unspecified atom stereocenters. The van der Waals surface area contributed by atoms with E-state index in [0.717, 1.165) is 17.1 Å². The number of anilines is 1. The lowest BCUT2D eigenvalue weighted by atomic mass is 10.1. The van der Waals surface area contributed by atoms with Crippen LogP contribution in [0.1, 0.15) is 22.9 Å². The first-order valence-corrected chi connectivity index (χ1v) is 6.07. The van der Waals surface area contributed by atoms with Crippen molar-refractivity contribution in [1.29, 1.82) is 0 Å². The van der Waals surface area contributed by atoms with Crippen LogP contribution in [0.15, 0.2) is 42.5 Å². The van der Waals surface area contributed by atoms with Crippen LogP contribution in [-0.4, -0.2) is 16.6 Å². The molecule has 1 heterocycles. The molecule has 0 aliphatic rings. The molecule has 94 valence electrons. The largest absolute Gasteiger partial charge is 0.387 e. The molecule has 1 aromatic heterocycles. The van der Waals surface area contributed by atoms with Crippen LogP contribution in [-0.2, 0) is 0 Å². The van der Waals surface area contributed by atoms with Gasteiger partial charge >= 0.3 is 0 Å². The van der Waals surface area contributed by atoms with Crippen LogP contribution in [0.4, 0.5) is 5.82 Å². The quantitative estimate of drug-likeness (QED) is 0.866. The lowest BCUT2D eigenvalue weighted by molar-refractivity contribution is 0.191. The monoisotopic (exact) mass is 242 g/mol. The summed E-state index contributed by atoms with van der Waals surface area (Å²) in [5.41, 5.74) is 3.07. The van der Waals surface area contributed by atoms with E-state index in [4.69, 9.17) is 0 Å². The average Bonchev–Trinajstić information content (AvgIpc) is 2.37. The summed E-state index contributed by atoms with van der Waals surface area (Å²) in [5, 5.41) is 13.2. The number of aryl methyl sites for hydroxylation is 2. The van der Waals surface area contributed by atoms with Crippen LogP contribution in [0.25, 0.3) is 0 Å².